The van der Waals surface area contributed by atoms with Gasteiger partial charge in [0.25, 0.3) is 5.91 Å². The van der Waals surface area contributed by atoms with E-state index in [1.165, 1.54) is 13.3 Å². The zero-order chi connectivity index (χ0) is 16.0. The Morgan fingerprint density at radius 2 is 2.05 bits per heavy atom. The number of pyridine rings is 1. The summed E-state index contributed by atoms with van der Waals surface area (Å²) in [6.07, 6.45) is 1.51. The lowest BCUT2D eigenvalue weighted by molar-refractivity contribution is -0.144. The summed E-state index contributed by atoms with van der Waals surface area (Å²) in [6, 6.07) is 2.81. The molecular weight excluding hydrogens is 270 g/mol. The zero-order valence-electron chi connectivity index (χ0n) is 13.2. The van der Waals surface area contributed by atoms with Crippen LogP contribution in [0.25, 0.3) is 0 Å². The van der Waals surface area contributed by atoms with E-state index in [2.05, 4.69) is 10.3 Å². The summed E-state index contributed by atoms with van der Waals surface area (Å²) < 4.78 is 4.70. The number of carbonyl (C=O) groups excluding carboxylic acids is 2. The highest BCUT2D eigenvalue weighted by Gasteiger charge is 2.25. The van der Waals surface area contributed by atoms with E-state index >= 15 is 0 Å². The van der Waals surface area contributed by atoms with Gasteiger partial charge in [0, 0.05) is 19.8 Å². The van der Waals surface area contributed by atoms with Crippen LogP contribution in [0.1, 0.15) is 31.1 Å². The van der Waals surface area contributed by atoms with Crippen LogP contribution in [-0.2, 0) is 9.53 Å². The van der Waals surface area contributed by atoms with E-state index in [9.17, 15) is 9.59 Å². The second kappa shape index (κ2) is 7.61. The molecule has 0 bridgehead atoms. The molecule has 1 aromatic rings. The minimum Gasteiger partial charge on any atom is -0.467 e. The molecule has 116 valence electrons. The maximum atomic E-state index is 12.2. The van der Waals surface area contributed by atoms with Gasteiger partial charge in [-0.05, 0) is 25.0 Å². The first-order chi connectivity index (χ1) is 9.90. The average molecular weight is 293 g/mol. The molecule has 0 unspecified atom stereocenters. The van der Waals surface area contributed by atoms with Crippen LogP contribution >= 0.6 is 0 Å². The summed E-state index contributed by atoms with van der Waals surface area (Å²) >= 11 is 0. The fourth-order valence-corrected chi connectivity index (χ4v) is 1.76. The Balaban J connectivity index is 2.81. The molecule has 0 saturated carbocycles. The van der Waals surface area contributed by atoms with Crippen LogP contribution in [0.3, 0.4) is 0 Å². The summed E-state index contributed by atoms with van der Waals surface area (Å²) in [5.41, 5.74) is 0.415. The normalized spacial score (nSPS) is 11.9. The maximum Gasteiger partial charge on any atom is 0.328 e. The summed E-state index contributed by atoms with van der Waals surface area (Å²) in [5, 5.41) is 2.68. The highest BCUT2D eigenvalue weighted by molar-refractivity contribution is 5.96. The Morgan fingerprint density at radius 3 is 2.48 bits per heavy atom. The van der Waals surface area contributed by atoms with Crippen molar-refractivity contribution in [1.29, 1.82) is 0 Å². The minimum atomic E-state index is -0.666. The number of hydrogen-bond acceptors (Lipinski definition) is 5. The number of rotatable bonds is 6. The van der Waals surface area contributed by atoms with Gasteiger partial charge in [-0.15, -0.1) is 0 Å². The molecule has 0 aliphatic rings. The summed E-state index contributed by atoms with van der Waals surface area (Å²) in [6.45, 7) is 6.54. The molecule has 6 nitrogen and oxygen atoms in total. The van der Waals surface area contributed by atoms with Crippen LogP contribution < -0.4 is 10.2 Å². The van der Waals surface area contributed by atoms with Crippen LogP contribution in [0.15, 0.2) is 18.3 Å². The van der Waals surface area contributed by atoms with Crippen molar-refractivity contribution < 1.29 is 14.3 Å². The van der Waals surface area contributed by atoms with Gasteiger partial charge in [-0.3, -0.25) is 4.79 Å². The third-order valence-electron chi connectivity index (χ3n) is 3.28. The molecule has 1 aromatic heterocycles. The SMILES string of the molecule is CCN(C)c1ccc(C(=O)N[C@H](C(=O)OC)C(C)C)cn1. The van der Waals surface area contributed by atoms with Gasteiger partial charge in [-0.25, -0.2) is 9.78 Å². The first-order valence-corrected chi connectivity index (χ1v) is 6.96. The van der Waals surface area contributed by atoms with Crippen molar-refractivity contribution in [2.45, 2.75) is 26.8 Å². The monoisotopic (exact) mass is 293 g/mol. The highest BCUT2D eigenvalue weighted by Crippen LogP contribution is 2.10. The molecule has 0 aromatic carbocycles. The molecule has 0 fully saturated rings. The number of nitrogens with one attached hydrogen (secondary N) is 1. The number of aromatic nitrogens is 1. The van der Waals surface area contributed by atoms with Gasteiger partial charge in [0.2, 0.25) is 0 Å². The van der Waals surface area contributed by atoms with Crippen LogP contribution in [0, 0.1) is 5.92 Å². The van der Waals surface area contributed by atoms with Crippen molar-refractivity contribution in [2.75, 3.05) is 25.6 Å². The molecule has 0 aliphatic carbocycles. The van der Waals surface area contributed by atoms with Gasteiger partial charge in [0.15, 0.2) is 0 Å². The predicted molar refractivity (Wildman–Crippen MR) is 81.3 cm³/mol. The van der Waals surface area contributed by atoms with Gasteiger partial charge in [-0.2, -0.15) is 0 Å². The van der Waals surface area contributed by atoms with Crippen molar-refractivity contribution in [3.8, 4) is 0 Å². The van der Waals surface area contributed by atoms with E-state index < -0.39 is 12.0 Å². The van der Waals surface area contributed by atoms with E-state index in [0.29, 0.717) is 5.56 Å². The van der Waals surface area contributed by atoms with Crippen LogP contribution in [0.2, 0.25) is 0 Å². The van der Waals surface area contributed by atoms with E-state index in [0.717, 1.165) is 12.4 Å². The van der Waals surface area contributed by atoms with E-state index in [-0.39, 0.29) is 11.8 Å². The molecule has 1 N–H and O–H groups in total. The van der Waals surface area contributed by atoms with Crippen molar-refractivity contribution in [3.05, 3.63) is 23.9 Å². The lowest BCUT2D eigenvalue weighted by Gasteiger charge is -2.20. The minimum absolute atomic E-state index is 0.0557. The van der Waals surface area contributed by atoms with Gasteiger partial charge in [0.1, 0.15) is 11.9 Å². The fourth-order valence-electron chi connectivity index (χ4n) is 1.76. The molecular formula is C15H23N3O3. The van der Waals surface area contributed by atoms with E-state index in [1.807, 2.05) is 32.7 Å². The number of anilines is 1. The van der Waals surface area contributed by atoms with Gasteiger partial charge < -0.3 is 15.0 Å². The second-order valence-corrected chi connectivity index (χ2v) is 5.14. The molecule has 0 saturated heterocycles. The van der Waals surface area contributed by atoms with Crippen LogP contribution in [0.4, 0.5) is 5.82 Å². The lowest BCUT2D eigenvalue weighted by atomic mass is 10.0. The van der Waals surface area contributed by atoms with E-state index in [1.54, 1.807) is 12.1 Å². The molecule has 1 rings (SSSR count). The largest absolute Gasteiger partial charge is 0.467 e. The number of carbonyl (C=O) groups is 2. The summed E-state index contributed by atoms with van der Waals surface area (Å²) in [7, 11) is 3.23. The third kappa shape index (κ3) is 4.44. The Hall–Kier alpha value is -2.11. The first kappa shape index (κ1) is 16.9. The predicted octanol–water partition coefficient (Wildman–Crippen LogP) is 1.47. The lowest BCUT2D eigenvalue weighted by Crippen LogP contribution is -2.45. The number of ether oxygens (including phenoxy) is 1. The van der Waals surface area contributed by atoms with Crippen molar-refractivity contribution in [2.24, 2.45) is 5.92 Å². The number of nitrogens with zero attached hydrogens (tertiary/aromatic N) is 2. The second-order valence-electron chi connectivity index (χ2n) is 5.14. The quantitative estimate of drug-likeness (QED) is 0.804. The van der Waals surface area contributed by atoms with Crippen molar-refractivity contribution in [1.82, 2.24) is 10.3 Å². The molecule has 0 radical (unpaired) electrons. The fraction of sp³-hybridized carbons (Fsp3) is 0.533. The Kier molecular flexibility index (Phi) is 6.14. The zero-order valence-corrected chi connectivity index (χ0v) is 13.2. The number of amides is 1. The van der Waals surface area contributed by atoms with Crippen LogP contribution in [0.5, 0.6) is 0 Å². The molecule has 1 heterocycles. The molecule has 6 heteroatoms. The molecule has 21 heavy (non-hydrogen) atoms. The molecule has 1 atom stereocenters. The Morgan fingerprint density at radius 1 is 1.38 bits per heavy atom. The standard InChI is InChI=1S/C15H23N3O3/c1-6-18(4)12-8-7-11(9-16-12)14(19)17-13(10(2)3)15(20)21-5/h7-10,13H,6H2,1-5H3,(H,17,19)/t13-/m0/s1. The summed E-state index contributed by atoms with van der Waals surface area (Å²) in [4.78, 5) is 30.0. The Bertz CT molecular complexity index is 485. The van der Waals surface area contributed by atoms with Gasteiger partial charge >= 0.3 is 5.97 Å². The molecule has 0 spiro atoms. The first-order valence-electron chi connectivity index (χ1n) is 6.96. The maximum absolute atomic E-state index is 12.2. The molecule has 1 amide bonds. The smallest absolute Gasteiger partial charge is 0.328 e. The van der Waals surface area contributed by atoms with Gasteiger partial charge in [-0.1, -0.05) is 13.8 Å². The van der Waals surface area contributed by atoms with E-state index in [4.69, 9.17) is 4.74 Å². The van der Waals surface area contributed by atoms with Crippen molar-refractivity contribution in [3.63, 3.8) is 0 Å². The number of methoxy groups -OCH3 is 1. The Labute approximate surface area is 125 Å². The summed E-state index contributed by atoms with van der Waals surface area (Å²) in [5.74, 6) is -0.0479. The number of esters is 1. The highest BCUT2D eigenvalue weighted by atomic mass is 16.5. The third-order valence-corrected chi connectivity index (χ3v) is 3.28. The van der Waals surface area contributed by atoms with Crippen LogP contribution in [-0.4, -0.2) is 43.6 Å². The number of hydrogen-bond donors (Lipinski definition) is 1. The van der Waals surface area contributed by atoms with Gasteiger partial charge in [0.05, 0.1) is 12.7 Å². The van der Waals surface area contributed by atoms with Crippen molar-refractivity contribution >= 4 is 17.7 Å². The molecule has 0 aliphatic heterocycles. The topological polar surface area (TPSA) is 71.5 Å². The average Bonchev–Trinajstić information content (AvgIpc) is 2.50.